The molecular formula is C10H19N3O2. The molecule has 0 radical (unpaired) electrons. The molecule has 1 heterocycles. The summed E-state index contributed by atoms with van der Waals surface area (Å²) >= 11 is 0. The summed E-state index contributed by atoms with van der Waals surface area (Å²) in [6, 6.07) is 0. The number of nitrogens with one attached hydrogen (secondary N) is 3. The Morgan fingerprint density at radius 1 is 1.33 bits per heavy atom. The summed E-state index contributed by atoms with van der Waals surface area (Å²) in [5.74, 6) is 0.529. The van der Waals surface area contributed by atoms with Gasteiger partial charge in [-0.2, -0.15) is 0 Å². The molecule has 0 bridgehead atoms. The van der Waals surface area contributed by atoms with E-state index >= 15 is 0 Å². The van der Waals surface area contributed by atoms with Crippen LogP contribution in [0.5, 0.6) is 0 Å². The first-order chi connectivity index (χ1) is 7.11. The Kier molecular flexibility index (Phi) is 4.55. The van der Waals surface area contributed by atoms with Crippen LogP contribution in [0.4, 0.5) is 0 Å². The van der Waals surface area contributed by atoms with E-state index < -0.39 is 0 Å². The second-order valence-electron chi connectivity index (χ2n) is 3.98. The minimum Gasteiger partial charge on any atom is -0.355 e. The van der Waals surface area contributed by atoms with Gasteiger partial charge in [-0.15, -0.1) is 0 Å². The molecule has 0 aromatic carbocycles. The summed E-state index contributed by atoms with van der Waals surface area (Å²) in [7, 11) is 0. The van der Waals surface area contributed by atoms with E-state index in [1.165, 1.54) is 6.92 Å². The Labute approximate surface area is 90.0 Å². The molecule has 1 saturated heterocycles. The summed E-state index contributed by atoms with van der Waals surface area (Å²) in [6.07, 6.45) is 0. The molecule has 0 aromatic rings. The van der Waals surface area contributed by atoms with Gasteiger partial charge in [0.1, 0.15) is 0 Å². The molecule has 1 aliphatic heterocycles. The van der Waals surface area contributed by atoms with Crippen LogP contribution in [-0.2, 0) is 9.59 Å². The average Bonchev–Trinajstić information content (AvgIpc) is 2.08. The molecule has 1 unspecified atom stereocenters. The van der Waals surface area contributed by atoms with E-state index in [0.717, 1.165) is 13.1 Å². The largest absolute Gasteiger partial charge is 0.355 e. The molecule has 5 heteroatoms. The minimum atomic E-state index is -0.0690. The van der Waals surface area contributed by atoms with Gasteiger partial charge in [-0.25, -0.2) is 0 Å². The predicted molar refractivity (Wildman–Crippen MR) is 57.2 cm³/mol. The van der Waals surface area contributed by atoms with Gasteiger partial charge >= 0.3 is 0 Å². The van der Waals surface area contributed by atoms with Crippen LogP contribution in [0.25, 0.3) is 0 Å². The van der Waals surface area contributed by atoms with Gasteiger partial charge in [0.2, 0.25) is 11.8 Å². The van der Waals surface area contributed by atoms with Crippen LogP contribution in [0.15, 0.2) is 0 Å². The lowest BCUT2D eigenvalue weighted by atomic mass is 9.88. The Balaban J connectivity index is 2.09. The maximum Gasteiger partial charge on any atom is 0.223 e. The summed E-state index contributed by atoms with van der Waals surface area (Å²) in [4.78, 5) is 22.1. The fraction of sp³-hybridized carbons (Fsp3) is 0.800. The third kappa shape index (κ3) is 3.87. The third-order valence-corrected chi connectivity index (χ3v) is 2.73. The highest BCUT2D eigenvalue weighted by atomic mass is 16.2. The van der Waals surface area contributed by atoms with E-state index in [0.29, 0.717) is 19.0 Å². The van der Waals surface area contributed by atoms with E-state index in [2.05, 4.69) is 16.0 Å². The van der Waals surface area contributed by atoms with Crippen LogP contribution in [0.3, 0.4) is 0 Å². The van der Waals surface area contributed by atoms with Crippen molar-refractivity contribution in [3.63, 3.8) is 0 Å². The Hall–Kier alpha value is -1.10. The van der Waals surface area contributed by atoms with Crippen LogP contribution in [0.2, 0.25) is 0 Å². The smallest absolute Gasteiger partial charge is 0.223 e. The van der Waals surface area contributed by atoms with Crippen molar-refractivity contribution < 1.29 is 9.59 Å². The molecule has 5 nitrogen and oxygen atoms in total. The molecule has 1 fully saturated rings. The molecule has 15 heavy (non-hydrogen) atoms. The normalized spacial score (nSPS) is 17.7. The molecule has 0 aromatic heterocycles. The van der Waals surface area contributed by atoms with Crippen molar-refractivity contribution in [3.05, 3.63) is 0 Å². The predicted octanol–water partition coefficient (Wildman–Crippen LogP) is -0.906. The lowest BCUT2D eigenvalue weighted by molar-refractivity contribution is -0.127. The van der Waals surface area contributed by atoms with Gasteiger partial charge in [-0.3, -0.25) is 9.59 Å². The van der Waals surface area contributed by atoms with Crippen molar-refractivity contribution in [1.29, 1.82) is 0 Å². The van der Waals surface area contributed by atoms with E-state index in [1.54, 1.807) is 0 Å². The highest BCUT2D eigenvalue weighted by Crippen LogP contribution is 2.15. The summed E-state index contributed by atoms with van der Waals surface area (Å²) in [5.41, 5.74) is 0. The molecule has 1 aliphatic rings. The molecule has 2 amide bonds. The zero-order valence-electron chi connectivity index (χ0n) is 9.30. The van der Waals surface area contributed by atoms with Crippen molar-refractivity contribution in [2.24, 2.45) is 11.8 Å². The lowest BCUT2D eigenvalue weighted by Gasteiger charge is -2.31. The number of hydrogen-bond acceptors (Lipinski definition) is 3. The first-order valence-corrected chi connectivity index (χ1v) is 5.34. The van der Waals surface area contributed by atoms with E-state index in [4.69, 9.17) is 0 Å². The summed E-state index contributed by atoms with van der Waals surface area (Å²) in [5, 5.41) is 8.58. The van der Waals surface area contributed by atoms with Crippen molar-refractivity contribution in [1.82, 2.24) is 16.0 Å². The van der Waals surface area contributed by atoms with Crippen molar-refractivity contribution in [2.75, 3.05) is 26.2 Å². The van der Waals surface area contributed by atoms with E-state index in [1.807, 2.05) is 6.92 Å². The SMILES string of the molecule is CC(=O)NCCNC(=O)C(C)C1CNC1. The number of rotatable bonds is 5. The standard InChI is InChI=1S/C10H19N3O2/c1-7(9-5-11-6-9)10(15)13-4-3-12-8(2)14/h7,9,11H,3-6H2,1-2H3,(H,12,14)(H,13,15). The number of amides is 2. The van der Waals surface area contributed by atoms with Crippen molar-refractivity contribution in [3.8, 4) is 0 Å². The molecular weight excluding hydrogens is 194 g/mol. The van der Waals surface area contributed by atoms with E-state index in [-0.39, 0.29) is 17.7 Å². The number of carbonyl (C=O) groups is 2. The molecule has 0 spiro atoms. The number of carbonyl (C=O) groups excluding carboxylic acids is 2. The molecule has 3 N–H and O–H groups in total. The van der Waals surface area contributed by atoms with Crippen LogP contribution in [-0.4, -0.2) is 38.0 Å². The van der Waals surface area contributed by atoms with Gasteiger partial charge < -0.3 is 16.0 Å². The highest BCUT2D eigenvalue weighted by Gasteiger charge is 2.28. The zero-order chi connectivity index (χ0) is 11.3. The first kappa shape index (κ1) is 12.0. The Bertz CT molecular complexity index is 239. The topological polar surface area (TPSA) is 70.2 Å². The van der Waals surface area contributed by atoms with Gasteiger partial charge in [-0.1, -0.05) is 6.92 Å². The fourth-order valence-corrected chi connectivity index (χ4v) is 1.46. The Morgan fingerprint density at radius 2 is 1.93 bits per heavy atom. The zero-order valence-corrected chi connectivity index (χ0v) is 9.30. The van der Waals surface area contributed by atoms with Gasteiger partial charge in [-0.05, 0) is 19.0 Å². The Morgan fingerprint density at radius 3 is 2.40 bits per heavy atom. The summed E-state index contributed by atoms with van der Waals surface area (Å²) in [6.45, 7) is 6.27. The third-order valence-electron chi connectivity index (χ3n) is 2.73. The van der Waals surface area contributed by atoms with Crippen molar-refractivity contribution in [2.45, 2.75) is 13.8 Å². The molecule has 0 saturated carbocycles. The van der Waals surface area contributed by atoms with Crippen LogP contribution in [0.1, 0.15) is 13.8 Å². The summed E-state index contributed by atoms with van der Waals surface area (Å²) < 4.78 is 0. The molecule has 86 valence electrons. The molecule has 1 rings (SSSR count). The maximum absolute atomic E-state index is 11.6. The van der Waals surface area contributed by atoms with Gasteiger partial charge in [0.25, 0.3) is 0 Å². The van der Waals surface area contributed by atoms with Gasteiger partial charge in [0.15, 0.2) is 0 Å². The maximum atomic E-state index is 11.6. The number of hydrogen-bond donors (Lipinski definition) is 3. The molecule has 0 aliphatic carbocycles. The van der Waals surface area contributed by atoms with Gasteiger partial charge in [0.05, 0.1) is 0 Å². The molecule has 1 atom stereocenters. The second-order valence-corrected chi connectivity index (χ2v) is 3.98. The van der Waals surface area contributed by atoms with Crippen LogP contribution >= 0.6 is 0 Å². The lowest BCUT2D eigenvalue weighted by Crippen LogP contribution is -2.50. The van der Waals surface area contributed by atoms with Gasteiger partial charge in [0, 0.05) is 25.9 Å². The quantitative estimate of drug-likeness (QED) is 0.518. The van der Waals surface area contributed by atoms with E-state index in [9.17, 15) is 9.59 Å². The minimum absolute atomic E-state index is 0.0589. The fourth-order valence-electron chi connectivity index (χ4n) is 1.46. The van der Waals surface area contributed by atoms with Crippen LogP contribution < -0.4 is 16.0 Å². The average molecular weight is 213 g/mol. The first-order valence-electron chi connectivity index (χ1n) is 5.34. The van der Waals surface area contributed by atoms with Crippen molar-refractivity contribution >= 4 is 11.8 Å². The second kappa shape index (κ2) is 5.70. The highest BCUT2D eigenvalue weighted by molar-refractivity contribution is 5.78. The monoisotopic (exact) mass is 213 g/mol. The van der Waals surface area contributed by atoms with Crippen LogP contribution in [0, 0.1) is 11.8 Å².